The highest BCUT2D eigenvalue weighted by atomic mass is 32.2. The number of nitro benzene ring substituents is 1. The van der Waals surface area contributed by atoms with Crippen LogP contribution in [-0.2, 0) is 16.6 Å². The van der Waals surface area contributed by atoms with Gasteiger partial charge < -0.3 is 10.4 Å². The zero-order valence-corrected chi connectivity index (χ0v) is 18.9. The molecule has 0 radical (unpaired) electrons. The fourth-order valence-electron chi connectivity index (χ4n) is 4.81. The summed E-state index contributed by atoms with van der Waals surface area (Å²) in [4.78, 5) is 11.0. The van der Waals surface area contributed by atoms with E-state index in [4.69, 9.17) is 0 Å². The molecular weight excluding hydrogens is 454 g/mol. The highest BCUT2D eigenvalue weighted by Gasteiger charge is 2.39. The van der Waals surface area contributed by atoms with Crippen molar-refractivity contribution < 1.29 is 18.4 Å². The number of fused-ring (bicyclic) bond motifs is 3. The smallest absolute Gasteiger partial charge is 0.270 e. The predicted octanol–water partition coefficient (Wildman–Crippen LogP) is 4.61. The van der Waals surface area contributed by atoms with Crippen LogP contribution in [0.2, 0.25) is 0 Å². The molecule has 0 saturated heterocycles. The van der Waals surface area contributed by atoms with E-state index in [1.807, 2.05) is 42.5 Å². The van der Waals surface area contributed by atoms with E-state index in [9.17, 15) is 23.6 Å². The summed E-state index contributed by atoms with van der Waals surface area (Å²) in [5.74, 6) is -0.110. The number of nitrogens with one attached hydrogen (secondary N) is 2. The predicted molar refractivity (Wildman–Crippen MR) is 128 cm³/mol. The highest BCUT2D eigenvalue weighted by molar-refractivity contribution is 7.89. The SMILES string of the molecule is O=[N+]([O-])c1ccc(O)c(C2Nc3ccc(S(=O)(=O)NCc4ccccc4)cc3C3C=CCC32)c1. The molecule has 9 heteroatoms. The van der Waals surface area contributed by atoms with E-state index in [-0.39, 0.29) is 40.8 Å². The van der Waals surface area contributed by atoms with Crippen molar-refractivity contribution >= 4 is 21.4 Å². The lowest BCUT2D eigenvalue weighted by molar-refractivity contribution is -0.385. The fourth-order valence-corrected chi connectivity index (χ4v) is 5.86. The zero-order chi connectivity index (χ0) is 23.9. The fraction of sp³-hybridized carbons (Fsp3) is 0.200. The lowest BCUT2D eigenvalue weighted by atomic mass is 9.77. The number of allylic oxidation sites excluding steroid dienone is 2. The molecule has 3 aromatic rings. The van der Waals surface area contributed by atoms with Crippen LogP contribution in [0.5, 0.6) is 5.75 Å². The minimum Gasteiger partial charge on any atom is -0.508 e. The van der Waals surface area contributed by atoms with Crippen molar-refractivity contribution in [1.82, 2.24) is 4.72 Å². The molecule has 0 fully saturated rings. The molecular formula is C25H23N3O5S. The number of anilines is 1. The Morgan fingerprint density at radius 1 is 1.06 bits per heavy atom. The van der Waals surface area contributed by atoms with Crippen LogP contribution >= 0.6 is 0 Å². The molecule has 0 amide bonds. The molecule has 1 heterocycles. The summed E-state index contributed by atoms with van der Waals surface area (Å²) in [5.41, 5.74) is 2.82. The van der Waals surface area contributed by atoms with Crippen LogP contribution in [0.1, 0.15) is 35.1 Å². The molecule has 0 spiro atoms. The molecule has 0 saturated carbocycles. The molecule has 3 aromatic carbocycles. The number of rotatable bonds is 6. The summed E-state index contributed by atoms with van der Waals surface area (Å²) < 4.78 is 28.6. The first-order valence-electron chi connectivity index (χ1n) is 10.9. The third kappa shape index (κ3) is 4.04. The van der Waals surface area contributed by atoms with E-state index in [1.54, 1.807) is 18.2 Å². The van der Waals surface area contributed by atoms with Gasteiger partial charge in [-0.2, -0.15) is 0 Å². The molecule has 0 bridgehead atoms. The Balaban J connectivity index is 1.46. The van der Waals surface area contributed by atoms with Crippen LogP contribution in [-0.4, -0.2) is 18.4 Å². The number of hydrogen-bond donors (Lipinski definition) is 3. The molecule has 174 valence electrons. The number of phenolic OH excluding ortho intramolecular Hbond substituents is 1. The van der Waals surface area contributed by atoms with E-state index < -0.39 is 14.9 Å². The Bertz CT molecular complexity index is 1390. The van der Waals surface area contributed by atoms with Gasteiger partial charge >= 0.3 is 0 Å². The van der Waals surface area contributed by atoms with Crippen molar-refractivity contribution in [3.8, 4) is 5.75 Å². The van der Waals surface area contributed by atoms with Crippen LogP contribution in [0.4, 0.5) is 11.4 Å². The topological polar surface area (TPSA) is 122 Å². The summed E-state index contributed by atoms with van der Waals surface area (Å²) in [5, 5.41) is 25.1. The van der Waals surface area contributed by atoms with Gasteiger partial charge in [-0.25, -0.2) is 13.1 Å². The second kappa shape index (κ2) is 8.58. The number of nitrogens with zero attached hydrogens (tertiary/aromatic N) is 1. The van der Waals surface area contributed by atoms with Crippen LogP contribution < -0.4 is 10.0 Å². The second-order valence-electron chi connectivity index (χ2n) is 8.53. The number of hydrogen-bond acceptors (Lipinski definition) is 6. The molecule has 3 atom stereocenters. The molecule has 2 aliphatic rings. The Kier molecular flexibility index (Phi) is 5.59. The van der Waals surface area contributed by atoms with Crippen LogP contribution in [0.3, 0.4) is 0 Å². The average molecular weight is 478 g/mol. The van der Waals surface area contributed by atoms with Crippen molar-refractivity contribution in [2.24, 2.45) is 5.92 Å². The van der Waals surface area contributed by atoms with Gasteiger partial charge in [-0.3, -0.25) is 10.1 Å². The van der Waals surface area contributed by atoms with Crippen LogP contribution in [0.15, 0.2) is 83.8 Å². The molecule has 8 nitrogen and oxygen atoms in total. The number of aromatic hydroxyl groups is 1. The molecule has 1 aliphatic heterocycles. The Morgan fingerprint density at radius 2 is 1.85 bits per heavy atom. The third-order valence-electron chi connectivity index (χ3n) is 6.51. The Hall–Kier alpha value is -3.69. The Labute approximate surface area is 197 Å². The third-order valence-corrected chi connectivity index (χ3v) is 7.91. The van der Waals surface area contributed by atoms with Gasteiger partial charge in [0, 0.05) is 35.8 Å². The standard InChI is InChI=1S/C25H23N3O5S/c29-24-12-9-17(28(30)31)13-22(24)25-20-8-4-7-19(20)21-14-18(10-11-23(21)27-25)34(32,33)26-15-16-5-2-1-3-6-16/h1-7,9-14,19-20,25-27,29H,8,15H2. The lowest BCUT2D eigenvalue weighted by Crippen LogP contribution is -2.30. The minimum atomic E-state index is -3.73. The van der Waals surface area contributed by atoms with E-state index in [1.165, 1.54) is 18.2 Å². The van der Waals surface area contributed by atoms with Gasteiger partial charge in [-0.05, 0) is 47.7 Å². The second-order valence-corrected chi connectivity index (χ2v) is 10.3. The molecule has 34 heavy (non-hydrogen) atoms. The molecule has 0 aromatic heterocycles. The minimum absolute atomic E-state index is 0.0125. The summed E-state index contributed by atoms with van der Waals surface area (Å²) >= 11 is 0. The number of non-ortho nitro benzene ring substituents is 1. The maximum atomic E-state index is 13.0. The average Bonchev–Trinajstić information content (AvgIpc) is 3.33. The van der Waals surface area contributed by atoms with Gasteiger partial charge in [0.15, 0.2) is 0 Å². The summed E-state index contributed by atoms with van der Waals surface area (Å²) in [7, 11) is -3.73. The molecule has 3 unspecified atom stereocenters. The van der Waals surface area contributed by atoms with Gasteiger partial charge in [-0.1, -0.05) is 42.5 Å². The quantitative estimate of drug-likeness (QED) is 0.271. The number of sulfonamides is 1. The molecule has 5 rings (SSSR count). The monoisotopic (exact) mass is 477 g/mol. The van der Waals surface area contributed by atoms with E-state index in [0.29, 0.717) is 12.0 Å². The lowest BCUT2D eigenvalue weighted by Gasteiger charge is -2.37. The van der Waals surface area contributed by atoms with Gasteiger partial charge in [0.1, 0.15) is 5.75 Å². The van der Waals surface area contributed by atoms with Gasteiger partial charge in [0.25, 0.3) is 5.69 Å². The summed E-state index contributed by atoms with van der Waals surface area (Å²) in [6.07, 6.45) is 4.77. The van der Waals surface area contributed by atoms with Crippen LogP contribution in [0.25, 0.3) is 0 Å². The highest BCUT2D eigenvalue weighted by Crippen LogP contribution is 2.51. The van der Waals surface area contributed by atoms with E-state index in [0.717, 1.165) is 16.8 Å². The van der Waals surface area contributed by atoms with E-state index in [2.05, 4.69) is 10.0 Å². The van der Waals surface area contributed by atoms with Crippen molar-refractivity contribution in [3.05, 3.63) is 106 Å². The van der Waals surface area contributed by atoms with Gasteiger partial charge in [0.05, 0.1) is 15.9 Å². The maximum absolute atomic E-state index is 13.0. The van der Waals surface area contributed by atoms with Gasteiger partial charge in [-0.15, -0.1) is 0 Å². The first kappa shape index (κ1) is 22.1. The summed E-state index contributed by atoms with van der Waals surface area (Å²) in [6.45, 7) is 0.193. The number of phenols is 1. The van der Waals surface area contributed by atoms with E-state index >= 15 is 0 Å². The zero-order valence-electron chi connectivity index (χ0n) is 18.1. The number of benzene rings is 3. The van der Waals surface area contributed by atoms with Crippen molar-refractivity contribution in [1.29, 1.82) is 0 Å². The van der Waals surface area contributed by atoms with Crippen LogP contribution in [0, 0.1) is 16.0 Å². The largest absolute Gasteiger partial charge is 0.508 e. The normalized spacial score (nSPS) is 20.9. The van der Waals surface area contributed by atoms with Crippen molar-refractivity contribution in [2.45, 2.75) is 29.8 Å². The maximum Gasteiger partial charge on any atom is 0.270 e. The van der Waals surface area contributed by atoms with Crippen molar-refractivity contribution in [3.63, 3.8) is 0 Å². The summed E-state index contributed by atoms with van der Waals surface area (Å²) in [6, 6.07) is 17.9. The molecule has 3 N–H and O–H groups in total. The molecule has 1 aliphatic carbocycles. The van der Waals surface area contributed by atoms with Gasteiger partial charge in [0.2, 0.25) is 10.0 Å². The Morgan fingerprint density at radius 3 is 2.62 bits per heavy atom. The first-order valence-corrected chi connectivity index (χ1v) is 12.4. The number of nitro groups is 1. The first-order chi connectivity index (χ1) is 16.3. The van der Waals surface area contributed by atoms with Crippen molar-refractivity contribution in [2.75, 3.05) is 5.32 Å².